The third-order valence-electron chi connectivity index (χ3n) is 3.64. The van der Waals surface area contributed by atoms with Gasteiger partial charge in [-0.1, -0.05) is 29.8 Å². The van der Waals surface area contributed by atoms with Gasteiger partial charge in [0, 0.05) is 29.4 Å². The molecule has 0 radical (unpaired) electrons. The summed E-state index contributed by atoms with van der Waals surface area (Å²) in [7, 11) is 0. The number of benzene rings is 1. The van der Waals surface area contributed by atoms with Gasteiger partial charge in [0.25, 0.3) is 5.91 Å². The van der Waals surface area contributed by atoms with Gasteiger partial charge in [-0.2, -0.15) is 0 Å². The summed E-state index contributed by atoms with van der Waals surface area (Å²) in [5, 5.41) is 0.630. The molecule has 1 amide bonds. The van der Waals surface area contributed by atoms with Crippen molar-refractivity contribution in [2.75, 3.05) is 19.7 Å². The molecule has 0 spiro atoms. The zero-order valence-corrected chi connectivity index (χ0v) is 12.5. The minimum Gasteiger partial charge on any atom is -0.370 e. The van der Waals surface area contributed by atoms with Crippen molar-refractivity contribution < 1.29 is 9.53 Å². The highest BCUT2D eigenvalue weighted by molar-refractivity contribution is 6.31. The molecule has 1 aliphatic heterocycles. The summed E-state index contributed by atoms with van der Waals surface area (Å²) in [4.78, 5) is 27.8. The van der Waals surface area contributed by atoms with E-state index in [4.69, 9.17) is 16.3 Å². The number of nitrogens with one attached hydrogen (secondary N) is 1. The number of pyridine rings is 1. The number of amides is 1. The molecule has 1 saturated heterocycles. The highest BCUT2D eigenvalue weighted by Crippen LogP contribution is 2.28. The molecule has 1 aromatic heterocycles. The van der Waals surface area contributed by atoms with Crippen LogP contribution < -0.4 is 5.56 Å². The highest BCUT2D eigenvalue weighted by Gasteiger charge is 2.27. The summed E-state index contributed by atoms with van der Waals surface area (Å²) in [5.41, 5.74) is 1.11. The molecule has 1 aromatic carbocycles. The normalized spacial score (nSPS) is 18.2. The molecule has 6 heteroatoms. The van der Waals surface area contributed by atoms with E-state index in [1.54, 1.807) is 4.90 Å². The second-order valence-electron chi connectivity index (χ2n) is 5.07. The first kappa shape index (κ1) is 14.8. The Morgan fingerprint density at radius 1 is 1.27 bits per heavy atom. The van der Waals surface area contributed by atoms with Crippen LogP contribution in [0.4, 0.5) is 0 Å². The standard InChI is InChI=1S/C16H15ClN2O3/c17-13-4-2-1-3-12(13)14-10-19(7-8-22-14)16(21)11-5-6-15(20)18-9-11/h1-6,9,14H,7-8,10H2,(H,18,20). The van der Waals surface area contributed by atoms with Crippen molar-refractivity contribution in [1.29, 1.82) is 0 Å². The van der Waals surface area contributed by atoms with Crippen LogP contribution in [0.5, 0.6) is 0 Å². The molecule has 1 unspecified atom stereocenters. The van der Waals surface area contributed by atoms with E-state index < -0.39 is 0 Å². The van der Waals surface area contributed by atoms with Gasteiger partial charge in [0.05, 0.1) is 18.7 Å². The van der Waals surface area contributed by atoms with Crippen LogP contribution in [0.15, 0.2) is 47.4 Å². The van der Waals surface area contributed by atoms with Crippen molar-refractivity contribution in [2.45, 2.75) is 6.10 Å². The maximum absolute atomic E-state index is 12.5. The van der Waals surface area contributed by atoms with E-state index in [9.17, 15) is 9.59 Å². The summed E-state index contributed by atoms with van der Waals surface area (Å²) in [5.74, 6) is -0.128. The minimum atomic E-state index is -0.242. The molecule has 1 aliphatic rings. The van der Waals surface area contributed by atoms with E-state index in [0.29, 0.717) is 30.3 Å². The predicted molar refractivity (Wildman–Crippen MR) is 83.1 cm³/mol. The van der Waals surface area contributed by atoms with Gasteiger partial charge in [-0.25, -0.2) is 0 Å². The van der Waals surface area contributed by atoms with Crippen LogP contribution in [0.1, 0.15) is 22.0 Å². The average molecular weight is 319 g/mol. The molecule has 2 aromatic rings. The number of carbonyl (C=O) groups excluding carboxylic acids is 1. The summed E-state index contributed by atoms with van der Waals surface area (Å²) in [6.07, 6.45) is 1.19. The van der Waals surface area contributed by atoms with Crippen molar-refractivity contribution in [3.05, 3.63) is 69.1 Å². The Morgan fingerprint density at radius 2 is 2.09 bits per heavy atom. The van der Waals surface area contributed by atoms with Gasteiger partial charge in [0.1, 0.15) is 6.10 Å². The predicted octanol–water partition coefficient (Wildman–Crippen LogP) is 2.24. The average Bonchev–Trinajstić information content (AvgIpc) is 2.55. The molecule has 2 heterocycles. The van der Waals surface area contributed by atoms with Gasteiger partial charge in [-0.15, -0.1) is 0 Å². The second kappa shape index (κ2) is 6.34. The first-order valence-electron chi connectivity index (χ1n) is 6.99. The lowest BCUT2D eigenvalue weighted by atomic mass is 10.1. The van der Waals surface area contributed by atoms with Gasteiger partial charge >= 0.3 is 0 Å². The number of rotatable bonds is 2. The molecule has 1 N–H and O–H groups in total. The van der Waals surface area contributed by atoms with E-state index >= 15 is 0 Å². The SMILES string of the molecule is O=C(c1ccc(=O)[nH]c1)N1CCOC(c2ccccc2Cl)C1. The van der Waals surface area contributed by atoms with Gasteiger partial charge in [0.2, 0.25) is 5.56 Å². The topological polar surface area (TPSA) is 62.4 Å². The number of nitrogens with zero attached hydrogens (tertiary/aromatic N) is 1. The molecule has 0 bridgehead atoms. The van der Waals surface area contributed by atoms with Crippen LogP contribution in [0.2, 0.25) is 5.02 Å². The van der Waals surface area contributed by atoms with E-state index in [1.165, 1.54) is 18.3 Å². The monoisotopic (exact) mass is 318 g/mol. The summed E-state index contributed by atoms with van der Waals surface area (Å²) < 4.78 is 5.74. The fourth-order valence-electron chi connectivity index (χ4n) is 2.48. The number of hydrogen-bond donors (Lipinski definition) is 1. The fourth-order valence-corrected chi connectivity index (χ4v) is 2.74. The molecule has 0 saturated carbocycles. The van der Waals surface area contributed by atoms with Crippen molar-refractivity contribution in [3.63, 3.8) is 0 Å². The number of morpholine rings is 1. The van der Waals surface area contributed by atoms with Crippen LogP contribution >= 0.6 is 11.6 Å². The van der Waals surface area contributed by atoms with Gasteiger partial charge < -0.3 is 14.6 Å². The van der Waals surface area contributed by atoms with Crippen molar-refractivity contribution in [2.24, 2.45) is 0 Å². The molecule has 3 rings (SSSR count). The Bertz CT molecular complexity index is 724. The highest BCUT2D eigenvalue weighted by atomic mass is 35.5. The lowest BCUT2D eigenvalue weighted by Gasteiger charge is -2.33. The molecule has 0 aliphatic carbocycles. The quantitative estimate of drug-likeness (QED) is 0.923. The van der Waals surface area contributed by atoms with Gasteiger partial charge in [-0.05, 0) is 12.1 Å². The summed E-state index contributed by atoms with van der Waals surface area (Å²) >= 11 is 6.20. The van der Waals surface area contributed by atoms with E-state index in [2.05, 4.69) is 4.98 Å². The van der Waals surface area contributed by atoms with E-state index in [0.717, 1.165) is 5.56 Å². The van der Waals surface area contributed by atoms with Gasteiger partial charge in [0.15, 0.2) is 0 Å². The molecular formula is C16H15ClN2O3. The molecule has 1 atom stereocenters. The molecule has 114 valence electrons. The lowest BCUT2D eigenvalue weighted by molar-refractivity contribution is -0.0227. The third-order valence-corrected chi connectivity index (χ3v) is 3.98. The Kier molecular flexibility index (Phi) is 4.27. The van der Waals surface area contributed by atoms with Crippen molar-refractivity contribution >= 4 is 17.5 Å². The smallest absolute Gasteiger partial charge is 0.255 e. The van der Waals surface area contributed by atoms with Crippen molar-refractivity contribution in [3.8, 4) is 0 Å². The molecular weight excluding hydrogens is 304 g/mol. The van der Waals surface area contributed by atoms with Gasteiger partial charge in [-0.3, -0.25) is 9.59 Å². The summed E-state index contributed by atoms with van der Waals surface area (Å²) in [6.45, 7) is 1.39. The maximum atomic E-state index is 12.5. The molecule has 1 fully saturated rings. The van der Waals surface area contributed by atoms with Crippen LogP contribution in [0, 0.1) is 0 Å². The molecule has 5 nitrogen and oxygen atoms in total. The summed E-state index contributed by atoms with van der Waals surface area (Å²) in [6, 6.07) is 10.3. The van der Waals surface area contributed by atoms with Crippen LogP contribution in [0.25, 0.3) is 0 Å². The zero-order valence-electron chi connectivity index (χ0n) is 11.8. The third kappa shape index (κ3) is 3.05. The Labute approximate surface area is 132 Å². The number of halogens is 1. The first-order chi connectivity index (χ1) is 10.6. The number of ether oxygens (including phenoxy) is 1. The Morgan fingerprint density at radius 3 is 2.82 bits per heavy atom. The second-order valence-corrected chi connectivity index (χ2v) is 5.48. The first-order valence-corrected chi connectivity index (χ1v) is 7.37. The zero-order chi connectivity index (χ0) is 15.5. The van der Waals surface area contributed by atoms with Crippen LogP contribution in [0.3, 0.4) is 0 Å². The Balaban J connectivity index is 1.78. The van der Waals surface area contributed by atoms with Crippen LogP contribution in [-0.2, 0) is 4.74 Å². The number of H-pyrrole nitrogens is 1. The van der Waals surface area contributed by atoms with E-state index in [1.807, 2.05) is 24.3 Å². The molecule has 22 heavy (non-hydrogen) atoms. The Hall–Kier alpha value is -2.11. The van der Waals surface area contributed by atoms with E-state index in [-0.39, 0.29) is 17.6 Å². The van der Waals surface area contributed by atoms with Crippen molar-refractivity contribution in [1.82, 2.24) is 9.88 Å². The minimum absolute atomic E-state index is 0.128. The number of aromatic amines is 1. The lowest BCUT2D eigenvalue weighted by Crippen LogP contribution is -2.42. The largest absolute Gasteiger partial charge is 0.370 e. The maximum Gasteiger partial charge on any atom is 0.255 e. The fraction of sp³-hybridized carbons (Fsp3) is 0.250. The number of aromatic nitrogens is 1. The number of hydrogen-bond acceptors (Lipinski definition) is 3. The van der Waals surface area contributed by atoms with Crippen LogP contribution in [-0.4, -0.2) is 35.5 Å². The number of carbonyl (C=O) groups is 1.